The van der Waals surface area contributed by atoms with Crippen LogP contribution in [0.25, 0.3) is 0 Å². The lowest BCUT2D eigenvalue weighted by atomic mass is 9.30. The lowest BCUT2D eigenvalue weighted by molar-refractivity contribution is -0.386. The van der Waals surface area contributed by atoms with Crippen LogP contribution in [0.3, 0.4) is 0 Å². The van der Waals surface area contributed by atoms with Gasteiger partial charge in [0, 0.05) is 46.2 Å². The molecule has 0 spiro atoms. The van der Waals surface area contributed by atoms with Gasteiger partial charge in [-0.1, -0.05) is 24.3 Å². The number of aromatic hydroxyl groups is 2. The molecule has 4 atom stereocenters. The Hall–Kier alpha value is -5.12. The molecule has 74 heavy (non-hydrogen) atoms. The summed E-state index contributed by atoms with van der Waals surface area (Å²) in [6, 6.07) is 24.5. The average Bonchev–Trinajstić information content (AvgIpc) is 3.33. The molecular formula is C64H72N2O8. The molecule has 16 saturated carbocycles. The van der Waals surface area contributed by atoms with Gasteiger partial charge in [0.25, 0.3) is 0 Å². The van der Waals surface area contributed by atoms with E-state index in [-0.39, 0.29) is 44.5 Å². The summed E-state index contributed by atoms with van der Waals surface area (Å²) >= 11 is 0. The number of phenols is 2. The SMILES string of the molecule is O=[N+]([O-])c1cc(C23CC4CC(CC(C4)C2)C3)c(Oc2ccc(C34CC5CC(C3)CC(C36CC7CC(CC(c8ccc(Oc9cc(O)c([N+](=O)[O-])cc9C9%10CC%11CC(CC(C%11)C9)C%10)cc8)(C7)C3)C6)(C5)C4)cc2)cc1O. The zero-order valence-electron chi connectivity index (χ0n) is 42.9. The lowest BCUT2D eigenvalue weighted by Crippen LogP contribution is -2.66. The first-order chi connectivity index (χ1) is 35.6. The van der Waals surface area contributed by atoms with E-state index in [4.69, 9.17) is 9.47 Å². The number of nitrogens with zero attached hydrogens (tertiary/aromatic N) is 2. The van der Waals surface area contributed by atoms with Gasteiger partial charge in [-0.3, -0.25) is 20.2 Å². The highest BCUT2D eigenvalue weighted by atomic mass is 16.6. The summed E-state index contributed by atoms with van der Waals surface area (Å²) in [7, 11) is 0. The maximum absolute atomic E-state index is 12.2. The second-order valence-electron chi connectivity index (χ2n) is 28.9. The number of benzene rings is 4. The molecule has 0 amide bonds. The molecule has 2 N–H and O–H groups in total. The molecule has 0 aliphatic heterocycles. The molecule has 386 valence electrons. The second kappa shape index (κ2) is 15.3. The molecule has 16 fully saturated rings. The van der Waals surface area contributed by atoms with Crippen LogP contribution in [-0.2, 0) is 21.7 Å². The van der Waals surface area contributed by atoms with Crippen LogP contribution in [0.5, 0.6) is 34.5 Å². The smallest absolute Gasteiger partial charge is 0.311 e. The number of nitro benzene ring substituents is 2. The van der Waals surface area contributed by atoms with Gasteiger partial charge in [-0.05, 0) is 270 Å². The van der Waals surface area contributed by atoms with E-state index in [1.54, 1.807) is 12.1 Å². The Kier molecular flexibility index (Phi) is 9.33. The Bertz CT molecular complexity index is 2730. The van der Waals surface area contributed by atoms with Crippen molar-refractivity contribution in [3.05, 3.63) is 115 Å². The molecule has 16 aliphatic rings. The normalized spacial score (nSPS) is 43.0. The van der Waals surface area contributed by atoms with Crippen LogP contribution in [-0.4, -0.2) is 20.1 Å². The van der Waals surface area contributed by atoms with Crippen molar-refractivity contribution in [3.63, 3.8) is 0 Å². The van der Waals surface area contributed by atoms with Crippen molar-refractivity contribution < 1.29 is 29.5 Å². The Morgan fingerprint density at radius 1 is 0.392 bits per heavy atom. The summed E-state index contributed by atoms with van der Waals surface area (Å²) in [4.78, 5) is 23.5. The van der Waals surface area contributed by atoms with Gasteiger partial charge in [-0.25, -0.2) is 0 Å². The minimum atomic E-state index is -0.441. The zero-order chi connectivity index (χ0) is 49.7. The van der Waals surface area contributed by atoms with E-state index in [0.717, 1.165) is 84.8 Å². The summed E-state index contributed by atoms with van der Waals surface area (Å²) in [5.74, 6) is 8.99. The van der Waals surface area contributed by atoms with E-state index in [1.807, 2.05) is 0 Å². The highest BCUT2D eigenvalue weighted by molar-refractivity contribution is 5.59. The monoisotopic (exact) mass is 997 g/mol. The first kappa shape index (κ1) is 45.1. The minimum absolute atomic E-state index is 0.135. The Balaban J connectivity index is 0.681. The Morgan fingerprint density at radius 2 is 0.676 bits per heavy atom. The molecule has 0 radical (unpaired) electrons. The minimum Gasteiger partial charge on any atom is -0.502 e. The van der Waals surface area contributed by atoms with Gasteiger partial charge in [0.15, 0.2) is 11.5 Å². The number of phenolic OH excluding ortho intramolecular Hbond substituents is 2. The van der Waals surface area contributed by atoms with Crippen LogP contribution in [0, 0.1) is 90.2 Å². The van der Waals surface area contributed by atoms with Gasteiger partial charge in [-0.15, -0.1) is 0 Å². The van der Waals surface area contributed by atoms with Crippen LogP contribution in [0.15, 0.2) is 72.8 Å². The van der Waals surface area contributed by atoms with E-state index in [0.29, 0.717) is 57.8 Å². The number of hydrogen-bond donors (Lipinski definition) is 2. The van der Waals surface area contributed by atoms with Crippen molar-refractivity contribution in [3.8, 4) is 34.5 Å². The maximum atomic E-state index is 12.2. The molecule has 0 aromatic heterocycles. The average molecular weight is 997 g/mol. The van der Waals surface area contributed by atoms with Crippen molar-refractivity contribution in [2.24, 2.45) is 70.0 Å². The van der Waals surface area contributed by atoms with E-state index < -0.39 is 9.85 Å². The van der Waals surface area contributed by atoms with E-state index >= 15 is 0 Å². The molecule has 10 nitrogen and oxygen atoms in total. The topological polar surface area (TPSA) is 145 Å². The molecule has 0 saturated heterocycles. The quantitative estimate of drug-likeness (QED) is 0.112. The van der Waals surface area contributed by atoms with E-state index in [1.165, 1.54) is 139 Å². The third-order valence-corrected chi connectivity index (χ3v) is 24.4. The summed E-state index contributed by atoms with van der Waals surface area (Å²) < 4.78 is 13.6. The van der Waals surface area contributed by atoms with Crippen LogP contribution < -0.4 is 9.47 Å². The highest BCUT2D eigenvalue weighted by Gasteiger charge is 2.70. The van der Waals surface area contributed by atoms with Gasteiger partial charge in [-0.2, -0.15) is 0 Å². The first-order valence-corrected chi connectivity index (χ1v) is 29.3. The predicted octanol–water partition coefficient (Wildman–Crippen LogP) is 15.8. The molecular weight excluding hydrogens is 925 g/mol. The predicted molar refractivity (Wildman–Crippen MR) is 280 cm³/mol. The third kappa shape index (κ3) is 6.59. The van der Waals surface area contributed by atoms with Gasteiger partial charge >= 0.3 is 11.4 Å². The molecule has 16 bridgehead atoms. The van der Waals surface area contributed by atoms with Crippen molar-refractivity contribution in [1.29, 1.82) is 0 Å². The summed E-state index contributed by atoms with van der Waals surface area (Å²) in [6.45, 7) is 0. The molecule has 16 aliphatic carbocycles. The molecule has 4 aromatic carbocycles. The lowest BCUT2D eigenvalue weighted by Gasteiger charge is -2.74. The van der Waals surface area contributed by atoms with Crippen LogP contribution in [0.4, 0.5) is 11.4 Å². The van der Waals surface area contributed by atoms with E-state index in [2.05, 4.69) is 48.5 Å². The largest absolute Gasteiger partial charge is 0.502 e. The fourth-order valence-electron chi connectivity index (χ4n) is 23.7. The van der Waals surface area contributed by atoms with Crippen LogP contribution in [0.2, 0.25) is 0 Å². The fourth-order valence-corrected chi connectivity index (χ4v) is 23.7. The van der Waals surface area contributed by atoms with Gasteiger partial charge in [0.2, 0.25) is 0 Å². The molecule has 4 aromatic rings. The number of rotatable bonds is 11. The maximum Gasteiger partial charge on any atom is 0.311 e. The van der Waals surface area contributed by atoms with Gasteiger partial charge in [0.1, 0.15) is 23.0 Å². The third-order valence-electron chi connectivity index (χ3n) is 24.4. The molecule has 4 unspecified atom stereocenters. The van der Waals surface area contributed by atoms with Crippen molar-refractivity contribution >= 4 is 11.4 Å². The van der Waals surface area contributed by atoms with Crippen molar-refractivity contribution in [1.82, 2.24) is 0 Å². The summed E-state index contributed by atoms with van der Waals surface area (Å²) in [5, 5.41) is 46.4. The van der Waals surface area contributed by atoms with E-state index in [9.17, 15) is 30.4 Å². The zero-order valence-corrected chi connectivity index (χ0v) is 42.9. The van der Waals surface area contributed by atoms with Crippen LogP contribution in [0.1, 0.15) is 176 Å². The van der Waals surface area contributed by atoms with Gasteiger partial charge < -0.3 is 19.7 Å². The van der Waals surface area contributed by atoms with Gasteiger partial charge in [0.05, 0.1) is 9.85 Å². The van der Waals surface area contributed by atoms with Crippen molar-refractivity contribution in [2.75, 3.05) is 0 Å². The molecule has 0 heterocycles. The highest BCUT2D eigenvalue weighted by Crippen LogP contribution is 2.79. The summed E-state index contributed by atoms with van der Waals surface area (Å²) in [5.41, 5.74) is 5.01. The number of ether oxygens (including phenoxy) is 2. The number of hydrogen-bond acceptors (Lipinski definition) is 8. The number of nitro groups is 2. The summed E-state index contributed by atoms with van der Waals surface area (Å²) in [6.07, 6.45) is 29.8. The Labute approximate surface area is 434 Å². The Morgan fingerprint density at radius 3 is 0.973 bits per heavy atom. The van der Waals surface area contributed by atoms with Crippen LogP contribution >= 0.6 is 0 Å². The van der Waals surface area contributed by atoms with Crippen molar-refractivity contribution in [2.45, 2.75) is 176 Å². The molecule has 10 heteroatoms. The fraction of sp³-hybridized carbons (Fsp3) is 0.625. The standard InChI is InChI=1S/C64H72N2O8/c67-55-19-57(51(17-53(55)65(69)70)59-21-37-9-38(22-59)11-39(10-37)23-59)73-49-5-1-47(2-6-49)61-27-43-15-44(28-61)32-63(31-43,35-61)64-33-45-16-46(34-64)30-62(29-45,36-64)48-3-7-50(8-4-48)74-58-20-56(68)54(66(71)72)18-52(58)60-24-40-12-41(25-60)14-42(13-40)26-60/h1-8,17-20,37-46,67-68H,9-16,21-36H2. The molecule has 20 rings (SSSR count). The second-order valence-corrected chi connectivity index (χ2v) is 28.9. The first-order valence-electron chi connectivity index (χ1n) is 29.3.